The van der Waals surface area contributed by atoms with E-state index in [0.717, 1.165) is 18.1 Å². The van der Waals surface area contributed by atoms with E-state index in [1.807, 2.05) is 6.92 Å². The van der Waals surface area contributed by atoms with Crippen molar-refractivity contribution in [2.45, 2.75) is 13.3 Å². The maximum Gasteiger partial charge on any atom is 0.132 e. The van der Waals surface area contributed by atoms with Crippen molar-refractivity contribution < 1.29 is 0 Å². The van der Waals surface area contributed by atoms with Crippen molar-refractivity contribution in [3.8, 4) is 0 Å². The number of nitrogens with one attached hydrogen (secondary N) is 1. The molecule has 0 saturated heterocycles. The van der Waals surface area contributed by atoms with Crippen LogP contribution in [-0.4, -0.2) is 17.0 Å². The largest absolute Gasteiger partial charge is 0.384 e. The lowest BCUT2D eigenvalue weighted by atomic mass is 10.4. The Bertz CT molecular complexity index is 224. The molecule has 0 atom stereocenters. The standard InChI is InChI=1S/C7H12N4/c1-3-6-10-5(8)4-7(9-2)11-6/h4H,3H2,1-2H3,(H3,8,9,10,11). The number of aryl methyl sites for hydroxylation is 1. The second kappa shape index (κ2) is 3.18. The highest BCUT2D eigenvalue weighted by Crippen LogP contribution is 2.06. The van der Waals surface area contributed by atoms with Crippen molar-refractivity contribution in [1.82, 2.24) is 9.97 Å². The van der Waals surface area contributed by atoms with E-state index in [0.29, 0.717) is 5.82 Å². The van der Waals surface area contributed by atoms with Crippen molar-refractivity contribution in [2.75, 3.05) is 18.1 Å². The van der Waals surface area contributed by atoms with Crippen LogP contribution in [-0.2, 0) is 6.42 Å². The second-order valence-corrected chi connectivity index (χ2v) is 2.20. The Labute approximate surface area is 65.9 Å². The van der Waals surface area contributed by atoms with Gasteiger partial charge >= 0.3 is 0 Å². The number of hydrogen-bond donors (Lipinski definition) is 2. The molecule has 1 heterocycles. The zero-order chi connectivity index (χ0) is 8.27. The van der Waals surface area contributed by atoms with E-state index in [4.69, 9.17) is 5.73 Å². The van der Waals surface area contributed by atoms with Gasteiger partial charge in [0.25, 0.3) is 0 Å². The van der Waals surface area contributed by atoms with Crippen molar-refractivity contribution in [1.29, 1.82) is 0 Å². The highest BCUT2D eigenvalue weighted by molar-refractivity contribution is 5.43. The van der Waals surface area contributed by atoms with Crippen LogP contribution in [0.4, 0.5) is 11.6 Å². The van der Waals surface area contributed by atoms with E-state index in [1.54, 1.807) is 13.1 Å². The third-order valence-electron chi connectivity index (χ3n) is 1.36. The molecular formula is C7H12N4. The van der Waals surface area contributed by atoms with E-state index >= 15 is 0 Å². The summed E-state index contributed by atoms with van der Waals surface area (Å²) in [5.74, 6) is 2.06. The van der Waals surface area contributed by atoms with Crippen LogP contribution < -0.4 is 11.1 Å². The Hall–Kier alpha value is -1.32. The van der Waals surface area contributed by atoms with Gasteiger partial charge in [0.15, 0.2) is 0 Å². The Morgan fingerprint density at radius 1 is 1.55 bits per heavy atom. The summed E-state index contributed by atoms with van der Waals surface area (Å²) in [5.41, 5.74) is 5.52. The summed E-state index contributed by atoms with van der Waals surface area (Å²) in [6.07, 6.45) is 0.805. The summed E-state index contributed by atoms with van der Waals surface area (Å²) in [5, 5.41) is 2.91. The topological polar surface area (TPSA) is 63.8 Å². The van der Waals surface area contributed by atoms with Gasteiger partial charge in [-0.1, -0.05) is 6.92 Å². The lowest BCUT2D eigenvalue weighted by Crippen LogP contribution is -2.02. The predicted octanol–water partition coefficient (Wildman–Crippen LogP) is 0.663. The van der Waals surface area contributed by atoms with Gasteiger partial charge in [0.2, 0.25) is 0 Å². The molecule has 60 valence electrons. The fourth-order valence-electron chi connectivity index (χ4n) is 0.804. The van der Waals surface area contributed by atoms with Crippen LogP contribution in [0.15, 0.2) is 6.07 Å². The minimum Gasteiger partial charge on any atom is -0.384 e. The van der Waals surface area contributed by atoms with Gasteiger partial charge in [-0.25, -0.2) is 9.97 Å². The van der Waals surface area contributed by atoms with Crippen LogP contribution in [0.5, 0.6) is 0 Å². The minimum absolute atomic E-state index is 0.515. The van der Waals surface area contributed by atoms with Crippen molar-refractivity contribution >= 4 is 11.6 Å². The van der Waals surface area contributed by atoms with E-state index in [2.05, 4.69) is 15.3 Å². The SMILES string of the molecule is CCc1nc(N)cc(NC)n1. The Kier molecular flexibility index (Phi) is 2.25. The van der Waals surface area contributed by atoms with Crippen LogP contribution in [0.25, 0.3) is 0 Å². The lowest BCUT2D eigenvalue weighted by molar-refractivity contribution is 0.947. The molecule has 1 aromatic heterocycles. The first kappa shape index (κ1) is 7.78. The monoisotopic (exact) mass is 152 g/mol. The van der Waals surface area contributed by atoms with Gasteiger partial charge in [0.1, 0.15) is 17.5 Å². The molecule has 11 heavy (non-hydrogen) atoms. The molecular weight excluding hydrogens is 140 g/mol. The highest BCUT2D eigenvalue weighted by atomic mass is 15.0. The number of hydrogen-bond acceptors (Lipinski definition) is 4. The van der Waals surface area contributed by atoms with Gasteiger partial charge in [-0.05, 0) is 0 Å². The maximum atomic E-state index is 5.52. The van der Waals surface area contributed by atoms with E-state index in [9.17, 15) is 0 Å². The number of aromatic nitrogens is 2. The van der Waals surface area contributed by atoms with Gasteiger partial charge in [0.05, 0.1) is 0 Å². The average molecular weight is 152 g/mol. The fraction of sp³-hybridized carbons (Fsp3) is 0.429. The van der Waals surface area contributed by atoms with Crippen LogP contribution in [0, 0.1) is 0 Å². The molecule has 1 aromatic rings. The molecule has 4 heteroatoms. The van der Waals surface area contributed by atoms with Crippen LogP contribution >= 0.6 is 0 Å². The first-order valence-corrected chi connectivity index (χ1v) is 3.57. The number of nitrogen functional groups attached to an aromatic ring is 1. The molecule has 0 amide bonds. The number of nitrogens with zero attached hydrogens (tertiary/aromatic N) is 2. The fourth-order valence-corrected chi connectivity index (χ4v) is 0.804. The predicted molar refractivity (Wildman–Crippen MR) is 45.4 cm³/mol. The number of rotatable bonds is 2. The summed E-state index contributed by atoms with van der Waals surface area (Å²) in [4.78, 5) is 8.20. The van der Waals surface area contributed by atoms with Gasteiger partial charge < -0.3 is 11.1 Å². The van der Waals surface area contributed by atoms with Gasteiger partial charge in [0, 0.05) is 19.5 Å². The minimum atomic E-state index is 0.515. The van der Waals surface area contributed by atoms with Crippen molar-refractivity contribution in [2.24, 2.45) is 0 Å². The van der Waals surface area contributed by atoms with Gasteiger partial charge in [-0.3, -0.25) is 0 Å². The van der Waals surface area contributed by atoms with Gasteiger partial charge in [-0.2, -0.15) is 0 Å². The van der Waals surface area contributed by atoms with E-state index in [1.165, 1.54) is 0 Å². The molecule has 3 N–H and O–H groups in total. The van der Waals surface area contributed by atoms with E-state index in [-0.39, 0.29) is 0 Å². The number of anilines is 2. The summed E-state index contributed by atoms with van der Waals surface area (Å²) in [6, 6.07) is 1.71. The molecule has 0 spiro atoms. The third-order valence-corrected chi connectivity index (χ3v) is 1.36. The summed E-state index contributed by atoms with van der Waals surface area (Å²) in [7, 11) is 1.81. The first-order chi connectivity index (χ1) is 5.26. The highest BCUT2D eigenvalue weighted by Gasteiger charge is 1.97. The summed E-state index contributed by atoms with van der Waals surface area (Å²) in [6.45, 7) is 1.99. The summed E-state index contributed by atoms with van der Waals surface area (Å²) < 4.78 is 0. The lowest BCUT2D eigenvalue weighted by Gasteiger charge is -2.02. The van der Waals surface area contributed by atoms with Gasteiger partial charge in [-0.15, -0.1) is 0 Å². The Balaban J connectivity index is 3.02. The maximum absolute atomic E-state index is 5.52. The molecule has 0 saturated carbocycles. The quantitative estimate of drug-likeness (QED) is 0.653. The molecule has 0 aliphatic carbocycles. The molecule has 0 fully saturated rings. The second-order valence-electron chi connectivity index (χ2n) is 2.20. The average Bonchev–Trinajstić information content (AvgIpc) is 2.03. The smallest absolute Gasteiger partial charge is 0.132 e. The molecule has 0 radical (unpaired) electrons. The normalized spacial score (nSPS) is 9.64. The van der Waals surface area contributed by atoms with E-state index < -0.39 is 0 Å². The van der Waals surface area contributed by atoms with Crippen LogP contribution in [0.3, 0.4) is 0 Å². The van der Waals surface area contributed by atoms with Crippen molar-refractivity contribution in [3.63, 3.8) is 0 Å². The zero-order valence-electron chi connectivity index (χ0n) is 6.76. The molecule has 1 rings (SSSR count). The van der Waals surface area contributed by atoms with Crippen LogP contribution in [0.2, 0.25) is 0 Å². The molecule has 0 aliphatic rings. The molecule has 4 nitrogen and oxygen atoms in total. The molecule has 0 aliphatic heterocycles. The molecule has 0 bridgehead atoms. The Morgan fingerprint density at radius 3 is 2.82 bits per heavy atom. The van der Waals surface area contributed by atoms with Crippen LogP contribution in [0.1, 0.15) is 12.7 Å². The Morgan fingerprint density at radius 2 is 2.27 bits per heavy atom. The zero-order valence-corrected chi connectivity index (χ0v) is 6.76. The summed E-state index contributed by atoms with van der Waals surface area (Å²) >= 11 is 0. The molecule has 0 unspecified atom stereocenters. The first-order valence-electron chi connectivity index (χ1n) is 3.57. The van der Waals surface area contributed by atoms with Crippen molar-refractivity contribution in [3.05, 3.63) is 11.9 Å². The molecule has 0 aromatic carbocycles. The third kappa shape index (κ3) is 1.80. The number of nitrogens with two attached hydrogens (primary N) is 1.